The maximum absolute atomic E-state index is 12.4. The van der Waals surface area contributed by atoms with Crippen molar-refractivity contribution in [2.75, 3.05) is 0 Å². The van der Waals surface area contributed by atoms with E-state index in [4.69, 9.17) is 0 Å². The molecule has 1 fully saturated rings. The fourth-order valence-electron chi connectivity index (χ4n) is 3.01. The Labute approximate surface area is 103 Å². The monoisotopic (exact) mass is 231 g/mol. The summed E-state index contributed by atoms with van der Waals surface area (Å²) in [7, 11) is 0. The van der Waals surface area contributed by atoms with Crippen molar-refractivity contribution >= 4 is 5.78 Å². The largest absolute Gasteiger partial charge is 0.294 e. The first kappa shape index (κ1) is 12.3. The zero-order chi connectivity index (χ0) is 12.4. The summed E-state index contributed by atoms with van der Waals surface area (Å²) in [5.74, 6) is 1.84. The van der Waals surface area contributed by atoms with E-state index in [1.807, 2.05) is 19.1 Å². The molecule has 2 unspecified atom stereocenters. The van der Waals surface area contributed by atoms with E-state index in [2.05, 4.69) is 18.8 Å². The molecule has 1 saturated carbocycles. The standard InChI is InChI=1S/C15H21NO/c1-10-6-11(2)8-14(7-10)15(17)13-5-4-12(3)16-9-13/h4-5,9-11,14H,6-8H2,1-3H3. The lowest BCUT2D eigenvalue weighted by Gasteiger charge is -2.30. The highest BCUT2D eigenvalue weighted by Crippen LogP contribution is 2.34. The first-order chi connectivity index (χ1) is 8.06. The van der Waals surface area contributed by atoms with E-state index in [1.165, 1.54) is 6.42 Å². The van der Waals surface area contributed by atoms with E-state index >= 15 is 0 Å². The van der Waals surface area contributed by atoms with E-state index in [0.29, 0.717) is 11.8 Å². The molecule has 1 aliphatic rings. The molecule has 0 N–H and O–H groups in total. The fraction of sp³-hybridized carbons (Fsp3) is 0.600. The van der Waals surface area contributed by atoms with Crippen molar-refractivity contribution in [2.24, 2.45) is 17.8 Å². The summed E-state index contributed by atoms with van der Waals surface area (Å²) < 4.78 is 0. The average Bonchev–Trinajstić information content (AvgIpc) is 2.28. The molecule has 0 aliphatic heterocycles. The van der Waals surface area contributed by atoms with Crippen molar-refractivity contribution < 1.29 is 4.79 Å². The molecular formula is C15H21NO. The fourth-order valence-corrected chi connectivity index (χ4v) is 3.01. The molecule has 92 valence electrons. The second kappa shape index (κ2) is 4.99. The van der Waals surface area contributed by atoms with Crippen molar-refractivity contribution in [3.63, 3.8) is 0 Å². The lowest BCUT2D eigenvalue weighted by molar-refractivity contribution is 0.0835. The minimum Gasteiger partial charge on any atom is -0.294 e. The zero-order valence-corrected chi connectivity index (χ0v) is 10.9. The van der Waals surface area contributed by atoms with Crippen LogP contribution in [0.25, 0.3) is 0 Å². The Balaban J connectivity index is 2.11. The third-order valence-electron chi connectivity index (χ3n) is 3.75. The second-order valence-corrected chi connectivity index (χ2v) is 5.67. The maximum Gasteiger partial charge on any atom is 0.167 e. The molecular weight excluding hydrogens is 210 g/mol. The van der Waals surface area contributed by atoms with Crippen LogP contribution < -0.4 is 0 Å². The van der Waals surface area contributed by atoms with Gasteiger partial charge in [0.25, 0.3) is 0 Å². The van der Waals surface area contributed by atoms with Crippen LogP contribution in [0.3, 0.4) is 0 Å². The maximum atomic E-state index is 12.4. The number of aromatic nitrogens is 1. The summed E-state index contributed by atoms with van der Waals surface area (Å²) in [6.45, 7) is 6.45. The topological polar surface area (TPSA) is 30.0 Å². The molecule has 17 heavy (non-hydrogen) atoms. The molecule has 0 radical (unpaired) electrons. The second-order valence-electron chi connectivity index (χ2n) is 5.67. The first-order valence-corrected chi connectivity index (χ1v) is 6.53. The van der Waals surface area contributed by atoms with Crippen LogP contribution in [-0.4, -0.2) is 10.8 Å². The van der Waals surface area contributed by atoms with Crippen molar-refractivity contribution in [3.8, 4) is 0 Å². The van der Waals surface area contributed by atoms with Crippen LogP contribution in [0.4, 0.5) is 0 Å². The van der Waals surface area contributed by atoms with Gasteiger partial charge in [-0.2, -0.15) is 0 Å². The van der Waals surface area contributed by atoms with Gasteiger partial charge >= 0.3 is 0 Å². The van der Waals surface area contributed by atoms with Gasteiger partial charge in [0, 0.05) is 23.4 Å². The Morgan fingerprint density at radius 3 is 2.35 bits per heavy atom. The van der Waals surface area contributed by atoms with Crippen LogP contribution in [0.5, 0.6) is 0 Å². The number of aryl methyl sites for hydroxylation is 1. The molecule has 0 amide bonds. The van der Waals surface area contributed by atoms with Gasteiger partial charge in [-0.15, -0.1) is 0 Å². The first-order valence-electron chi connectivity index (χ1n) is 6.53. The van der Waals surface area contributed by atoms with Crippen LogP contribution in [0.2, 0.25) is 0 Å². The van der Waals surface area contributed by atoms with E-state index in [-0.39, 0.29) is 11.7 Å². The lowest BCUT2D eigenvalue weighted by Crippen LogP contribution is -2.26. The van der Waals surface area contributed by atoms with E-state index in [9.17, 15) is 4.79 Å². The van der Waals surface area contributed by atoms with Crippen LogP contribution in [0, 0.1) is 24.7 Å². The van der Waals surface area contributed by atoms with Gasteiger partial charge in [0.1, 0.15) is 0 Å². The summed E-state index contributed by atoms with van der Waals surface area (Å²) in [6.07, 6.45) is 5.06. The number of nitrogens with zero attached hydrogens (tertiary/aromatic N) is 1. The van der Waals surface area contributed by atoms with Crippen molar-refractivity contribution in [3.05, 3.63) is 29.6 Å². The predicted octanol–water partition coefficient (Wildman–Crippen LogP) is 3.65. The predicted molar refractivity (Wildman–Crippen MR) is 69.0 cm³/mol. The molecule has 0 bridgehead atoms. The van der Waals surface area contributed by atoms with Crippen LogP contribution >= 0.6 is 0 Å². The quantitative estimate of drug-likeness (QED) is 0.727. The summed E-state index contributed by atoms with van der Waals surface area (Å²) in [5, 5.41) is 0. The number of carbonyl (C=O) groups excluding carboxylic acids is 1. The van der Waals surface area contributed by atoms with Crippen molar-refractivity contribution in [2.45, 2.75) is 40.0 Å². The SMILES string of the molecule is Cc1ccc(C(=O)C2CC(C)CC(C)C2)cn1. The molecule has 1 aliphatic carbocycles. The number of ketones is 1. The van der Waals surface area contributed by atoms with Crippen molar-refractivity contribution in [1.82, 2.24) is 4.98 Å². The Hall–Kier alpha value is -1.18. The summed E-state index contributed by atoms with van der Waals surface area (Å²) in [6, 6.07) is 3.83. The number of hydrogen-bond acceptors (Lipinski definition) is 2. The van der Waals surface area contributed by atoms with Gasteiger partial charge in [-0.1, -0.05) is 13.8 Å². The highest BCUT2D eigenvalue weighted by atomic mass is 16.1. The number of rotatable bonds is 2. The minimum absolute atomic E-state index is 0.207. The average molecular weight is 231 g/mol. The van der Waals surface area contributed by atoms with Gasteiger partial charge in [-0.25, -0.2) is 0 Å². The Bertz CT molecular complexity index is 386. The number of pyridine rings is 1. The van der Waals surface area contributed by atoms with Gasteiger partial charge in [0.05, 0.1) is 0 Å². The normalized spacial score (nSPS) is 29.0. The van der Waals surface area contributed by atoms with Gasteiger partial charge in [-0.3, -0.25) is 9.78 Å². The molecule has 1 heterocycles. The van der Waals surface area contributed by atoms with E-state index in [0.717, 1.165) is 24.1 Å². The number of carbonyl (C=O) groups is 1. The number of hydrogen-bond donors (Lipinski definition) is 0. The third kappa shape index (κ3) is 2.93. The van der Waals surface area contributed by atoms with Gasteiger partial charge in [0.2, 0.25) is 0 Å². The van der Waals surface area contributed by atoms with E-state index in [1.54, 1.807) is 6.20 Å². The Morgan fingerprint density at radius 1 is 1.18 bits per heavy atom. The third-order valence-corrected chi connectivity index (χ3v) is 3.75. The molecule has 0 aromatic carbocycles. The van der Waals surface area contributed by atoms with Gasteiger partial charge in [0.15, 0.2) is 5.78 Å². The molecule has 2 nitrogen and oxygen atoms in total. The highest BCUT2D eigenvalue weighted by molar-refractivity contribution is 5.97. The van der Waals surface area contributed by atoms with Crippen LogP contribution in [0.1, 0.15) is 49.2 Å². The van der Waals surface area contributed by atoms with Gasteiger partial charge < -0.3 is 0 Å². The molecule has 1 aromatic heterocycles. The summed E-state index contributed by atoms with van der Waals surface area (Å²) in [5.41, 5.74) is 1.74. The number of Topliss-reactive ketones (excluding diaryl/α,β-unsaturated/α-hetero) is 1. The molecule has 1 aromatic rings. The van der Waals surface area contributed by atoms with E-state index < -0.39 is 0 Å². The molecule has 2 atom stereocenters. The molecule has 0 spiro atoms. The Kier molecular flexibility index (Phi) is 3.60. The zero-order valence-electron chi connectivity index (χ0n) is 10.9. The van der Waals surface area contributed by atoms with Crippen molar-refractivity contribution in [1.29, 1.82) is 0 Å². The summed E-state index contributed by atoms with van der Waals surface area (Å²) in [4.78, 5) is 16.6. The molecule has 0 saturated heterocycles. The van der Waals surface area contributed by atoms with Gasteiger partial charge in [-0.05, 0) is 50.2 Å². The molecule has 2 heteroatoms. The minimum atomic E-state index is 0.207. The highest BCUT2D eigenvalue weighted by Gasteiger charge is 2.29. The van der Waals surface area contributed by atoms with Crippen LogP contribution in [-0.2, 0) is 0 Å². The lowest BCUT2D eigenvalue weighted by atomic mass is 9.74. The van der Waals surface area contributed by atoms with Crippen LogP contribution in [0.15, 0.2) is 18.3 Å². The smallest absolute Gasteiger partial charge is 0.167 e. The molecule has 2 rings (SSSR count). The Morgan fingerprint density at radius 2 is 1.82 bits per heavy atom. The summed E-state index contributed by atoms with van der Waals surface area (Å²) >= 11 is 0.